The first-order valence-electron chi connectivity index (χ1n) is 7.18. The lowest BCUT2D eigenvalue weighted by molar-refractivity contribution is 0.907. The number of aryl methyl sites for hydroxylation is 2. The van der Waals surface area contributed by atoms with Crippen LogP contribution in [-0.2, 0) is 13.0 Å². The summed E-state index contributed by atoms with van der Waals surface area (Å²) < 4.78 is 1.26. The summed E-state index contributed by atoms with van der Waals surface area (Å²) in [6.45, 7) is 5.01. The SMILES string of the molecule is CCc1ccc2nc(N(C)Cc3ccc(C)nc3)sc2c1. The predicted octanol–water partition coefficient (Wildman–Crippen LogP) is 4.20. The summed E-state index contributed by atoms with van der Waals surface area (Å²) in [5.41, 5.74) is 4.70. The minimum atomic E-state index is 0.827. The molecule has 0 atom stereocenters. The lowest BCUT2D eigenvalue weighted by Crippen LogP contribution is -2.16. The molecule has 0 saturated carbocycles. The van der Waals surface area contributed by atoms with E-state index >= 15 is 0 Å². The molecule has 0 saturated heterocycles. The van der Waals surface area contributed by atoms with Crippen LogP contribution in [0.1, 0.15) is 23.7 Å². The van der Waals surface area contributed by atoms with Crippen LogP contribution in [0.2, 0.25) is 0 Å². The monoisotopic (exact) mass is 297 g/mol. The number of anilines is 1. The molecule has 3 aromatic rings. The number of rotatable bonds is 4. The van der Waals surface area contributed by atoms with Gasteiger partial charge in [0.2, 0.25) is 0 Å². The molecule has 0 aliphatic carbocycles. The molecule has 108 valence electrons. The molecule has 4 heteroatoms. The minimum absolute atomic E-state index is 0.827. The van der Waals surface area contributed by atoms with Crippen LogP contribution >= 0.6 is 11.3 Å². The molecule has 0 aliphatic heterocycles. The fourth-order valence-electron chi connectivity index (χ4n) is 2.27. The van der Waals surface area contributed by atoms with Gasteiger partial charge in [0.25, 0.3) is 0 Å². The highest BCUT2D eigenvalue weighted by Crippen LogP contribution is 2.29. The molecule has 0 unspecified atom stereocenters. The molecule has 0 fully saturated rings. The summed E-state index contributed by atoms with van der Waals surface area (Å²) in [7, 11) is 2.08. The largest absolute Gasteiger partial charge is 0.347 e. The Morgan fingerprint density at radius 3 is 2.67 bits per heavy atom. The van der Waals surface area contributed by atoms with Gasteiger partial charge in [0.05, 0.1) is 10.2 Å². The van der Waals surface area contributed by atoms with Gasteiger partial charge in [-0.3, -0.25) is 4.98 Å². The summed E-state index contributed by atoms with van der Waals surface area (Å²) in [5.74, 6) is 0. The number of benzene rings is 1. The number of fused-ring (bicyclic) bond motifs is 1. The van der Waals surface area contributed by atoms with Crippen molar-refractivity contribution in [3.05, 3.63) is 53.3 Å². The summed E-state index contributed by atoms with van der Waals surface area (Å²) in [4.78, 5) is 11.3. The van der Waals surface area contributed by atoms with Crippen molar-refractivity contribution in [3.63, 3.8) is 0 Å². The Balaban J connectivity index is 1.83. The second-order valence-corrected chi connectivity index (χ2v) is 6.33. The number of aromatic nitrogens is 2. The third-order valence-corrected chi connectivity index (χ3v) is 4.70. The lowest BCUT2D eigenvalue weighted by atomic mass is 10.2. The average Bonchev–Trinajstić information content (AvgIpc) is 2.92. The van der Waals surface area contributed by atoms with Crippen molar-refractivity contribution in [2.24, 2.45) is 0 Å². The van der Waals surface area contributed by atoms with Crippen molar-refractivity contribution < 1.29 is 0 Å². The molecule has 0 amide bonds. The Bertz CT molecular complexity index is 746. The van der Waals surface area contributed by atoms with E-state index in [0.717, 1.165) is 29.3 Å². The van der Waals surface area contributed by atoms with Gasteiger partial charge >= 0.3 is 0 Å². The Morgan fingerprint density at radius 2 is 1.95 bits per heavy atom. The van der Waals surface area contributed by atoms with Gasteiger partial charge in [0, 0.05) is 25.5 Å². The van der Waals surface area contributed by atoms with E-state index in [1.165, 1.54) is 15.8 Å². The van der Waals surface area contributed by atoms with E-state index in [4.69, 9.17) is 4.98 Å². The average molecular weight is 297 g/mol. The molecule has 0 N–H and O–H groups in total. The zero-order valence-electron chi connectivity index (χ0n) is 12.6. The van der Waals surface area contributed by atoms with Crippen LogP contribution in [0.3, 0.4) is 0 Å². The maximum absolute atomic E-state index is 4.73. The lowest BCUT2D eigenvalue weighted by Gasteiger charge is -2.15. The topological polar surface area (TPSA) is 29.0 Å². The summed E-state index contributed by atoms with van der Waals surface area (Å²) >= 11 is 1.75. The van der Waals surface area contributed by atoms with E-state index < -0.39 is 0 Å². The van der Waals surface area contributed by atoms with Crippen molar-refractivity contribution in [2.75, 3.05) is 11.9 Å². The molecule has 0 aliphatic rings. The first-order chi connectivity index (χ1) is 10.2. The maximum atomic E-state index is 4.73. The van der Waals surface area contributed by atoms with E-state index in [-0.39, 0.29) is 0 Å². The number of thiazole rings is 1. The van der Waals surface area contributed by atoms with Gasteiger partial charge in [-0.1, -0.05) is 30.4 Å². The summed E-state index contributed by atoms with van der Waals surface area (Å²) in [5, 5.41) is 1.05. The molecular weight excluding hydrogens is 278 g/mol. The Morgan fingerprint density at radius 1 is 1.14 bits per heavy atom. The molecule has 0 spiro atoms. The molecule has 0 bridgehead atoms. The quantitative estimate of drug-likeness (QED) is 0.722. The van der Waals surface area contributed by atoms with Crippen molar-refractivity contribution in [3.8, 4) is 0 Å². The molecule has 21 heavy (non-hydrogen) atoms. The maximum Gasteiger partial charge on any atom is 0.186 e. The first-order valence-corrected chi connectivity index (χ1v) is 7.99. The second kappa shape index (κ2) is 5.82. The Labute approximate surface area is 129 Å². The molecule has 1 aromatic carbocycles. The minimum Gasteiger partial charge on any atom is -0.347 e. The van der Waals surface area contributed by atoms with Gasteiger partial charge in [-0.25, -0.2) is 4.98 Å². The molecule has 0 radical (unpaired) electrons. The van der Waals surface area contributed by atoms with Crippen molar-refractivity contribution in [2.45, 2.75) is 26.8 Å². The van der Waals surface area contributed by atoms with Gasteiger partial charge in [-0.05, 0) is 42.7 Å². The fourth-order valence-corrected chi connectivity index (χ4v) is 3.26. The van der Waals surface area contributed by atoms with Crippen LogP contribution in [0.25, 0.3) is 10.2 Å². The van der Waals surface area contributed by atoms with E-state index in [1.54, 1.807) is 11.3 Å². The van der Waals surface area contributed by atoms with Crippen LogP contribution in [0.4, 0.5) is 5.13 Å². The summed E-state index contributed by atoms with van der Waals surface area (Å²) in [6.07, 6.45) is 3.00. The van der Waals surface area contributed by atoms with Crippen LogP contribution in [0, 0.1) is 6.92 Å². The van der Waals surface area contributed by atoms with Gasteiger partial charge in [-0.15, -0.1) is 0 Å². The zero-order chi connectivity index (χ0) is 14.8. The number of hydrogen-bond acceptors (Lipinski definition) is 4. The highest BCUT2D eigenvalue weighted by molar-refractivity contribution is 7.22. The van der Waals surface area contributed by atoms with Crippen LogP contribution in [0.15, 0.2) is 36.5 Å². The number of pyridine rings is 1. The second-order valence-electron chi connectivity index (χ2n) is 5.32. The third kappa shape index (κ3) is 3.05. The third-order valence-electron chi connectivity index (χ3n) is 3.57. The highest BCUT2D eigenvalue weighted by atomic mass is 32.1. The Kier molecular flexibility index (Phi) is 3.88. The van der Waals surface area contributed by atoms with Gasteiger partial charge in [-0.2, -0.15) is 0 Å². The van der Waals surface area contributed by atoms with E-state index in [2.05, 4.69) is 54.2 Å². The van der Waals surface area contributed by atoms with Crippen LogP contribution < -0.4 is 4.90 Å². The van der Waals surface area contributed by atoms with E-state index in [1.807, 2.05) is 13.1 Å². The van der Waals surface area contributed by atoms with E-state index in [0.29, 0.717) is 0 Å². The molecular formula is C17H19N3S. The number of hydrogen-bond donors (Lipinski definition) is 0. The van der Waals surface area contributed by atoms with Gasteiger partial charge in [0.15, 0.2) is 5.13 Å². The zero-order valence-corrected chi connectivity index (χ0v) is 13.4. The molecule has 3 rings (SSSR count). The fraction of sp³-hybridized carbons (Fsp3) is 0.294. The van der Waals surface area contributed by atoms with Crippen molar-refractivity contribution >= 4 is 26.7 Å². The van der Waals surface area contributed by atoms with Crippen molar-refractivity contribution in [1.29, 1.82) is 0 Å². The van der Waals surface area contributed by atoms with Crippen molar-refractivity contribution in [1.82, 2.24) is 9.97 Å². The van der Waals surface area contributed by atoms with Crippen LogP contribution in [-0.4, -0.2) is 17.0 Å². The number of nitrogens with zero attached hydrogens (tertiary/aromatic N) is 3. The normalized spacial score (nSPS) is 11.0. The van der Waals surface area contributed by atoms with Crippen LogP contribution in [0.5, 0.6) is 0 Å². The molecule has 2 aromatic heterocycles. The highest BCUT2D eigenvalue weighted by Gasteiger charge is 2.09. The van der Waals surface area contributed by atoms with E-state index in [9.17, 15) is 0 Å². The first kappa shape index (κ1) is 14.0. The smallest absolute Gasteiger partial charge is 0.186 e. The molecule has 2 heterocycles. The van der Waals surface area contributed by atoms with Gasteiger partial charge < -0.3 is 4.90 Å². The summed E-state index contributed by atoms with van der Waals surface area (Å²) in [6, 6.07) is 10.7. The standard InChI is InChI=1S/C17H19N3S/c1-4-13-7-8-15-16(9-13)21-17(19-15)20(3)11-14-6-5-12(2)18-10-14/h5-10H,4,11H2,1-3H3. The Hall–Kier alpha value is -1.94. The van der Waals surface area contributed by atoms with Gasteiger partial charge in [0.1, 0.15) is 0 Å². The predicted molar refractivity (Wildman–Crippen MR) is 90.1 cm³/mol. The molecule has 3 nitrogen and oxygen atoms in total.